The van der Waals surface area contributed by atoms with Gasteiger partial charge in [0, 0.05) is 0 Å². The van der Waals surface area contributed by atoms with Crippen molar-refractivity contribution in [1.29, 1.82) is 0 Å². The Morgan fingerprint density at radius 1 is 1.50 bits per heavy atom. The topological polar surface area (TPSA) is 0 Å². The van der Waals surface area contributed by atoms with E-state index in [2.05, 4.69) is 0 Å². The largest absolute Gasteiger partial charge is 0.242 e. The molecule has 2 heteroatoms. The second-order valence-electron chi connectivity index (χ2n) is 1.55. The summed E-state index contributed by atoms with van der Waals surface area (Å²) in [7, 11) is 0. The number of rotatable bonds is 0. The van der Waals surface area contributed by atoms with E-state index in [4.69, 9.17) is 0 Å². The van der Waals surface area contributed by atoms with Crippen molar-refractivity contribution >= 4 is 0 Å². The summed E-state index contributed by atoms with van der Waals surface area (Å²) in [5.41, 5.74) is 0. The van der Waals surface area contributed by atoms with Crippen LogP contribution in [0.15, 0.2) is 24.1 Å². The second-order valence-corrected chi connectivity index (χ2v) is 1.55. The first-order chi connectivity index (χ1) is 3.79. The van der Waals surface area contributed by atoms with Crippen LogP contribution in [0.25, 0.3) is 0 Å². The first-order valence-electron chi connectivity index (χ1n) is 2.32. The fourth-order valence-electron chi connectivity index (χ4n) is 0.517. The van der Waals surface area contributed by atoms with Gasteiger partial charge in [0.05, 0.1) is 6.42 Å². The molecule has 0 aromatic carbocycles. The van der Waals surface area contributed by atoms with Crippen molar-refractivity contribution in [3.05, 3.63) is 30.5 Å². The van der Waals surface area contributed by atoms with E-state index in [9.17, 15) is 8.78 Å². The lowest BCUT2D eigenvalue weighted by Crippen LogP contribution is -1.98. The standard InChI is InChI=1S/C6H5F2/c7-5-2-1-3-6(8)4-5/h1-5H. The third-order valence-electron chi connectivity index (χ3n) is 0.869. The third-order valence-corrected chi connectivity index (χ3v) is 0.869. The molecule has 0 heterocycles. The Bertz CT molecular complexity index is 135. The Balaban J connectivity index is 2.59. The zero-order chi connectivity index (χ0) is 5.98. The molecule has 43 valence electrons. The predicted molar refractivity (Wildman–Crippen MR) is 27.5 cm³/mol. The molecule has 0 bridgehead atoms. The van der Waals surface area contributed by atoms with Crippen LogP contribution in [-0.2, 0) is 0 Å². The fraction of sp³-hybridized carbons (Fsp3) is 0.167. The second kappa shape index (κ2) is 2.07. The minimum atomic E-state index is -1.24. The normalized spacial score (nSPS) is 27.8. The Morgan fingerprint density at radius 2 is 2.25 bits per heavy atom. The highest BCUT2D eigenvalue weighted by Crippen LogP contribution is 2.13. The van der Waals surface area contributed by atoms with E-state index in [0.29, 0.717) is 0 Å². The van der Waals surface area contributed by atoms with Crippen molar-refractivity contribution in [2.45, 2.75) is 6.17 Å². The first kappa shape index (κ1) is 5.48. The van der Waals surface area contributed by atoms with Gasteiger partial charge >= 0.3 is 0 Å². The molecule has 1 aliphatic rings. The maximum Gasteiger partial charge on any atom is 0.128 e. The van der Waals surface area contributed by atoms with Gasteiger partial charge in [-0.25, -0.2) is 8.78 Å². The monoisotopic (exact) mass is 115 g/mol. The molecular formula is C6H5F2. The van der Waals surface area contributed by atoms with E-state index in [0.717, 1.165) is 6.42 Å². The van der Waals surface area contributed by atoms with Gasteiger partial charge in [0.15, 0.2) is 0 Å². The Hall–Kier alpha value is -0.660. The summed E-state index contributed by atoms with van der Waals surface area (Å²) in [6, 6.07) is 0. The summed E-state index contributed by atoms with van der Waals surface area (Å²) in [5, 5.41) is 0. The number of hydrogen-bond acceptors (Lipinski definition) is 0. The Morgan fingerprint density at radius 3 is 2.62 bits per heavy atom. The number of alkyl halides is 1. The van der Waals surface area contributed by atoms with E-state index in [1.807, 2.05) is 0 Å². The third kappa shape index (κ3) is 1.15. The molecule has 0 aromatic heterocycles. The van der Waals surface area contributed by atoms with E-state index in [-0.39, 0.29) is 0 Å². The van der Waals surface area contributed by atoms with Crippen LogP contribution in [-0.4, -0.2) is 6.17 Å². The molecule has 1 aliphatic carbocycles. The van der Waals surface area contributed by atoms with Crippen molar-refractivity contribution in [3.8, 4) is 0 Å². The zero-order valence-corrected chi connectivity index (χ0v) is 4.14. The van der Waals surface area contributed by atoms with Crippen LogP contribution in [0, 0.1) is 6.42 Å². The minimum Gasteiger partial charge on any atom is -0.242 e. The van der Waals surface area contributed by atoms with Gasteiger partial charge in [-0.1, -0.05) is 6.08 Å². The van der Waals surface area contributed by atoms with E-state index in [1.165, 1.54) is 18.2 Å². The SMILES string of the molecule is FC1=CC=CC(F)[CH]1. The molecule has 0 saturated heterocycles. The lowest BCUT2D eigenvalue weighted by Gasteiger charge is -2.01. The molecule has 1 radical (unpaired) electrons. The Labute approximate surface area is 46.5 Å². The van der Waals surface area contributed by atoms with Crippen molar-refractivity contribution in [2.24, 2.45) is 0 Å². The zero-order valence-electron chi connectivity index (χ0n) is 4.14. The van der Waals surface area contributed by atoms with Gasteiger partial charge in [0.2, 0.25) is 0 Å². The quantitative estimate of drug-likeness (QED) is 0.452. The Kier molecular flexibility index (Phi) is 1.42. The average Bonchev–Trinajstić information content (AvgIpc) is 1.64. The van der Waals surface area contributed by atoms with E-state index < -0.39 is 12.0 Å². The number of hydrogen-bond donors (Lipinski definition) is 0. The molecular weight excluding hydrogens is 110 g/mol. The molecule has 1 rings (SSSR count). The summed E-state index contributed by atoms with van der Waals surface area (Å²) in [4.78, 5) is 0. The molecule has 0 nitrogen and oxygen atoms in total. The van der Waals surface area contributed by atoms with Gasteiger partial charge < -0.3 is 0 Å². The highest BCUT2D eigenvalue weighted by molar-refractivity contribution is 5.24. The molecule has 0 spiro atoms. The molecule has 0 saturated carbocycles. The first-order valence-corrected chi connectivity index (χ1v) is 2.32. The molecule has 0 aromatic rings. The molecule has 0 fully saturated rings. The van der Waals surface area contributed by atoms with Crippen LogP contribution < -0.4 is 0 Å². The van der Waals surface area contributed by atoms with Crippen molar-refractivity contribution in [3.63, 3.8) is 0 Å². The lowest BCUT2D eigenvalue weighted by atomic mass is 10.1. The summed E-state index contributed by atoms with van der Waals surface area (Å²) in [5.74, 6) is -0.500. The van der Waals surface area contributed by atoms with Crippen LogP contribution in [0.4, 0.5) is 8.78 Å². The molecule has 0 amide bonds. The molecule has 1 unspecified atom stereocenters. The van der Waals surface area contributed by atoms with Gasteiger partial charge in [-0.15, -0.1) is 0 Å². The molecule has 0 aliphatic heterocycles. The fourth-order valence-corrected chi connectivity index (χ4v) is 0.517. The van der Waals surface area contributed by atoms with Crippen LogP contribution in [0.1, 0.15) is 0 Å². The summed E-state index contributed by atoms with van der Waals surface area (Å²) in [6.07, 6.45) is 3.54. The summed E-state index contributed by atoms with van der Waals surface area (Å²) >= 11 is 0. The van der Waals surface area contributed by atoms with Gasteiger partial charge in [-0.05, 0) is 12.2 Å². The van der Waals surface area contributed by atoms with Gasteiger partial charge in [-0.2, -0.15) is 0 Å². The predicted octanol–water partition coefficient (Wildman–Crippen LogP) is 1.95. The summed E-state index contributed by atoms with van der Waals surface area (Å²) in [6.45, 7) is 0. The van der Waals surface area contributed by atoms with Gasteiger partial charge in [0.25, 0.3) is 0 Å². The number of allylic oxidation sites excluding steroid dienone is 4. The maximum atomic E-state index is 12.0. The smallest absolute Gasteiger partial charge is 0.128 e. The molecule has 0 N–H and O–H groups in total. The van der Waals surface area contributed by atoms with Crippen LogP contribution in [0.2, 0.25) is 0 Å². The molecule has 8 heavy (non-hydrogen) atoms. The van der Waals surface area contributed by atoms with Crippen LogP contribution in [0.5, 0.6) is 0 Å². The van der Waals surface area contributed by atoms with Gasteiger partial charge in [0.1, 0.15) is 12.0 Å². The lowest BCUT2D eigenvalue weighted by molar-refractivity contribution is 0.429. The molecule has 1 atom stereocenters. The minimum absolute atomic E-state index is 0.500. The average molecular weight is 115 g/mol. The van der Waals surface area contributed by atoms with Crippen LogP contribution >= 0.6 is 0 Å². The maximum absolute atomic E-state index is 12.0. The number of halogens is 2. The van der Waals surface area contributed by atoms with E-state index >= 15 is 0 Å². The highest BCUT2D eigenvalue weighted by Gasteiger charge is 2.08. The van der Waals surface area contributed by atoms with Crippen molar-refractivity contribution in [2.75, 3.05) is 0 Å². The van der Waals surface area contributed by atoms with Crippen molar-refractivity contribution in [1.82, 2.24) is 0 Å². The summed E-state index contributed by atoms with van der Waals surface area (Å²) < 4.78 is 24.0. The van der Waals surface area contributed by atoms with E-state index in [1.54, 1.807) is 0 Å². The highest BCUT2D eigenvalue weighted by atomic mass is 19.1. The van der Waals surface area contributed by atoms with Crippen molar-refractivity contribution < 1.29 is 8.78 Å². The van der Waals surface area contributed by atoms with Crippen LogP contribution in [0.3, 0.4) is 0 Å². The van der Waals surface area contributed by atoms with Gasteiger partial charge in [-0.3, -0.25) is 0 Å².